The fourth-order valence-electron chi connectivity index (χ4n) is 1.82. The zero-order valence-corrected chi connectivity index (χ0v) is 12.9. The van der Waals surface area contributed by atoms with Crippen LogP contribution in [0.1, 0.15) is 40.8 Å². The van der Waals surface area contributed by atoms with Crippen LogP contribution in [-0.2, 0) is 6.42 Å². The first-order valence-corrected chi connectivity index (χ1v) is 7.66. The third-order valence-electron chi connectivity index (χ3n) is 3.02. The first-order valence-electron chi connectivity index (χ1n) is 6.78. The second kappa shape index (κ2) is 7.19. The third kappa shape index (κ3) is 4.27. The van der Waals surface area contributed by atoms with Gasteiger partial charge >= 0.3 is 0 Å². The predicted molar refractivity (Wildman–Crippen MR) is 83.5 cm³/mol. The van der Waals surface area contributed by atoms with E-state index in [1.807, 2.05) is 12.1 Å². The summed E-state index contributed by atoms with van der Waals surface area (Å²) in [7, 11) is 0. The quantitative estimate of drug-likeness (QED) is 0.488. The van der Waals surface area contributed by atoms with Crippen LogP contribution in [0, 0.1) is 0 Å². The summed E-state index contributed by atoms with van der Waals surface area (Å²) in [5.41, 5.74) is 3.67. The first-order chi connectivity index (χ1) is 10.1. The minimum atomic E-state index is -0.372. The van der Waals surface area contributed by atoms with Gasteiger partial charge in [-0.1, -0.05) is 26.0 Å². The van der Waals surface area contributed by atoms with Crippen LogP contribution in [0.4, 0.5) is 0 Å². The highest BCUT2D eigenvalue weighted by molar-refractivity contribution is 7.09. The van der Waals surface area contributed by atoms with Crippen molar-refractivity contribution in [2.75, 3.05) is 6.61 Å². The number of nitrogens with one attached hydrogen (secondary N) is 1. The molecule has 0 saturated heterocycles. The molecule has 2 aromatic rings. The van der Waals surface area contributed by atoms with Crippen molar-refractivity contribution in [2.45, 2.75) is 26.2 Å². The van der Waals surface area contributed by atoms with Gasteiger partial charge in [0.15, 0.2) is 0 Å². The predicted octanol–water partition coefficient (Wildman–Crippen LogP) is 2.49. The van der Waals surface area contributed by atoms with E-state index in [4.69, 9.17) is 10.6 Å². The average Bonchev–Trinajstić information content (AvgIpc) is 2.95. The van der Waals surface area contributed by atoms with E-state index in [0.29, 0.717) is 24.6 Å². The van der Waals surface area contributed by atoms with E-state index >= 15 is 0 Å². The van der Waals surface area contributed by atoms with Crippen molar-refractivity contribution in [3.05, 3.63) is 45.9 Å². The summed E-state index contributed by atoms with van der Waals surface area (Å²) in [6.45, 7) is 4.83. The summed E-state index contributed by atoms with van der Waals surface area (Å²) in [6, 6.07) is 8.09. The smallest absolute Gasteiger partial charge is 0.284 e. The zero-order valence-electron chi connectivity index (χ0n) is 12.1. The number of nitrogens with two attached hydrogens (primary N) is 1. The summed E-state index contributed by atoms with van der Waals surface area (Å²) >= 11 is 1.43. The van der Waals surface area contributed by atoms with Crippen molar-refractivity contribution < 1.29 is 9.53 Å². The van der Waals surface area contributed by atoms with Crippen LogP contribution in [0.3, 0.4) is 0 Å². The standard InChI is InChI=1S/C15H19N3O2S/c1-10(2)11-4-3-5-12(8-11)20-7-6-14-17-13(9-21-14)15(19)18-16/h3-5,8-10H,6-7,16H2,1-2H3,(H,18,19). The Bertz CT molecular complexity index is 610. The molecule has 1 heterocycles. The molecule has 5 nitrogen and oxygen atoms in total. The van der Waals surface area contributed by atoms with E-state index in [1.165, 1.54) is 16.9 Å². The second-order valence-electron chi connectivity index (χ2n) is 4.93. The topological polar surface area (TPSA) is 77.2 Å². The number of nitrogen functional groups attached to an aromatic ring is 1. The van der Waals surface area contributed by atoms with Crippen LogP contribution >= 0.6 is 11.3 Å². The van der Waals surface area contributed by atoms with Gasteiger partial charge in [-0.25, -0.2) is 10.8 Å². The van der Waals surface area contributed by atoms with Crippen LogP contribution < -0.4 is 16.0 Å². The third-order valence-corrected chi connectivity index (χ3v) is 3.93. The Morgan fingerprint density at radius 3 is 3.00 bits per heavy atom. The highest BCUT2D eigenvalue weighted by atomic mass is 32.1. The number of aromatic nitrogens is 1. The fraction of sp³-hybridized carbons (Fsp3) is 0.333. The molecule has 21 heavy (non-hydrogen) atoms. The number of hydrogen-bond donors (Lipinski definition) is 2. The highest BCUT2D eigenvalue weighted by Gasteiger charge is 2.09. The number of hydrogen-bond acceptors (Lipinski definition) is 5. The van der Waals surface area contributed by atoms with Crippen LogP contribution in [-0.4, -0.2) is 17.5 Å². The molecule has 112 valence electrons. The molecule has 0 radical (unpaired) electrons. The Morgan fingerprint density at radius 1 is 1.48 bits per heavy atom. The molecule has 2 rings (SSSR count). The van der Waals surface area contributed by atoms with Crippen molar-refractivity contribution in [3.8, 4) is 5.75 Å². The van der Waals surface area contributed by atoms with Gasteiger partial charge in [-0.15, -0.1) is 11.3 Å². The van der Waals surface area contributed by atoms with Crippen molar-refractivity contribution in [1.82, 2.24) is 10.4 Å². The summed E-state index contributed by atoms with van der Waals surface area (Å²) in [5.74, 6) is 6.03. The molecule has 0 unspecified atom stereocenters. The first kappa shape index (κ1) is 15.5. The number of benzene rings is 1. The van der Waals surface area contributed by atoms with Crippen molar-refractivity contribution >= 4 is 17.2 Å². The molecule has 0 fully saturated rings. The lowest BCUT2D eigenvalue weighted by atomic mass is 10.0. The Balaban J connectivity index is 1.88. The van der Waals surface area contributed by atoms with E-state index < -0.39 is 0 Å². The fourth-order valence-corrected chi connectivity index (χ4v) is 2.58. The molecule has 0 aliphatic carbocycles. The van der Waals surface area contributed by atoms with E-state index in [0.717, 1.165) is 10.8 Å². The summed E-state index contributed by atoms with van der Waals surface area (Å²) in [4.78, 5) is 15.5. The van der Waals surface area contributed by atoms with Gasteiger partial charge in [0.1, 0.15) is 11.4 Å². The number of rotatable bonds is 6. The molecule has 0 saturated carbocycles. The van der Waals surface area contributed by atoms with Gasteiger partial charge < -0.3 is 4.74 Å². The molecule has 6 heteroatoms. The molecule has 1 aromatic heterocycles. The molecule has 0 spiro atoms. The molecule has 0 aliphatic rings. The van der Waals surface area contributed by atoms with E-state index in [2.05, 4.69) is 36.4 Å². The highest BCUT2D eigenvalue weighted by Crippen LogP contribution is 2.20. The van der Waals surface area contributed by atoms with Gasteiger partial charge in [0, 0.05) is 11.8 Å². The Labute approximate surface area is 128 Å². The van der Waals surface area contributed by atoms with Crippen molar-refractivity contribution in [1.29, 1.82) is 0 Å². The van der Waals surface area contributed by atoms with Crippen LogP contribution in [0.5, 0.6) is 5.75 Å². The maximum atomic E-state index is 11.3. The lowest BCUT2D eigenvalue weighted by Gasteiger charge is -2.09. The number of amides is 1. The SMILES string of the molecule is CC(C)c1cccc(OCCc2nc(C(=O)NN)cs2)c1. The monoisotopic (exact) mass is 305 g/mol. The molecule has 0 atom stereocenters. The maximum absolute atomic E-state index is 11.3. The molecule has 1 aromatic carbocycles. The van der Waals surface area contributed by atoms with Gasteiger partial charge in [-0.2, -0.15) is 0 Å². The number of carbonyl (C=O) groups is 1. The molecular formula is C15H19N3O2S. The van der Waals surface area contributed by atoms with Crippen molar-refractivity contribution in [3.63, 3.8) is 0 Å². The van der Waals surface area contributed by atoms with Gasteiger partial charge in [0.05, 0.1) is 11.6 Å². The lowest BCUT2D eigenvalue weighted by Crippen LogP contribution is -2.30. The van der Waals surface area contributed by atoms with Crippen LogP contribution in [0.15, 0.2) is 29.6 Å². The minimum absolute atomic E-state index is 0.347. The lowest BCUT2D eigenvalue weighted by molar-refractivity contribution is 0.0949. The molecule has 3 N–H and O–H groups in total. The normalized spacial score (nSPS) is 10.7. The number of hydrazine groups is 1. The number of ether oxygens (including phenoxy) is 1. The maximum Gasteiger partial charge on any atom is 0.284 e. The van der Waals surface area contributed by atoms with Gasteiger partial charge in [-0.05, 0) is 23.6 Å². The van der Waals surface area contributed by atoms with Crippen LogP contribution in [0.2, 0.25) is 0 Å². The Hall–Kier alpha value is -1.92. The Morgan fingerprint density at radius 2 is 2.29 bits per heavy atom. The largest absolute Gasteiger partial charge is 0.493 e. The second-order valence-corrected chi connectivity index (χ2v) is 5.87. The Kier molecular flexibility index (Phi) is 5.30. The number of thiazole rings is 1. The van der Waals surface area contributed by atoms with E-state index in [1.54, 1.807) is 5.38 Å². The molecular weight excluding hydrogens is 286 g/mol. The number of nitrogens with zero attached hydrogens (tertiary/aromatic N) is 1. The average molecular weight is 305 g/mol. The molecule has 0 aliphatic heterocycles. The molecule has 1 amide bonds. The van der Waals surface area contributed by atoms with E-state index in [9.17, 15) is 4.79 Å². The summed E-state index contributed by atoms with van der Waals surface area (Å²) in [6.07, 6.45) is 0.661. The van der Waals surface area contributed by atoms with Gasteiger partial charge in [-0.3, -0.25) is 10.2 Å². The zero-order chi connectivity index (χ0) is 15.2. The van der Waals surface area contributed by atoms with Crippen molar-refractivity contribution in [2.24, 2.45) is 5.84 Å². The summed E-state index contributed by atoms with van der Waals surface area (Å²) < 4.78 is 5.74. The van der Waals surface area contributed by atoms with E-state index in [-0.39, 0.29) is 5.91 Å². The van der Waals surface area contributed by atoms with Crippen LogP contribution in [0.25, 0.3) is 0 Å². The molecule has 0 bridgehead atoms. The number of carbonyl (C=O) groups excluding carboxylic acids is 1. The van der Waals surface area contributed by atoms with Gasteiger partial charge in [0.2, 0.25) is 0 Å². The van der Waals surface area contributed by atoms with Gasteiger partial charge in [0.25, 0.3) is 5.91 Å². The minimum Gasteiger partial charge on any atom is -0.493 e. The summed E-state index contributed by atoms with van der Waals surface area (Å²) in [5, 5.41) is 2.55.